The Balaban J connectivity index is -0.00000320. The number of hydrogen-bond acceptors (Lipinski definition) is 1. The van der Waals surface area contributed by atoms with Crippen LogP contribution in [0.2, 0.25) is 0 Å². The Morgan fingerprint density at radius 1 is 0.706 bits per heavy atom. The average molecular weight is 550 g/mol. The van der Waals surface area contributed by atoms with Crippen LogP contribution < -0.4 is 24.8 Å². The second-order valence-corrected chi connectivity index (χ2v) is 10.4. The molecule has 0 aromatic carbocycles. The summed E-state index contributed by atoms with van der Waals surface area (Å²) in [4.78, 5) is 2.76. The zero-order valence-corrected chi connectivity index (χ0v) is 27.0. The molecular formula is C30H56Cl2NTi. The van der Waals surface area contributed by atoms with Crippen LogP contribution in [0.4, 0.5) is 0 Å². The van der Waals surface area contributed by atoms with Gasteiger partial charge in [0.15, 0.2) is 0 Å². The summed E-state index contributed by atoms with van der Waals surface area (Å²) in [5.74, 6) is 2.61. The van der Waals surface area contributed by atoms with Crippen molar-refractivity contribution < 1.29 is 46.5 Å². The first-order valence-electron chi connectivity index (χ1n) is 14.0. The molecule has 1 rings (SSSR count). The predicted octanol–water partition coefficient (Wildman–Crippen LogP) is 3.25. The van der Waals surface area contributed by atoms with Gasteiger partial charge in [0.25, 0.3) is 0 Å². The SMILES string of the molecule is CCCCN(CCCC)CCC1=C(C(C)CCC)C(C(C)CCC)=[C-]C1C(C)CCC.[Cl-].[Cl-].[Ti+3]. The summed E-state index contributed by atoms with van der Waals surface area (Å²) < 4.78 is 0. The van der Waals surface area contributed by atoms with E-state index in [2.05, 4.69) is 66.4 Å². The number of rotatable bonds is 18. The van der Waals surface area contributed by atoms with E-state index in [1.807, 2.05) is 0 Å². The fourth-order valence-electron chi connectivity index (χ4n) is 5.59. The van der Waals surface area contributed by atoms with E-state index < -0.39 is 0 Å². The van der Waals surface area contributed by atoms with Crippen molar-refractivity contribution >= 4 is 0 Å². The molecule has 4 unspecified atom stereocenters. The van der Waals surface area contributed by atoms with Crippen molar-refractivity contribution in [2.75, 3.05) is 19.6 Å². The maximum atomic E-state index is 4.13. The quantitative estimate of drug-likeness (QED) is 0.188. The van der Waals surface area contributed by atoms with Crippen molar-refractivity contribution in [1.29, 1.82) is 0 Å². The molecule has 0 aromatic rings. The number of nitrogens with zero attached hydrogens (tertiary/aromatic N) is 1. The van der Waals surface area contributed by atoms with Crippen LogP contribution in [-0.2, 0) is 21.7 Å². The molecule has 0 aromatic heterocycles. The third-order valence-electron chi connectivity index (χ3n) is 7.42. The maximum Gasteiger partial charge on any atom is 3.00 e. The largest absolute Gasteiger partial charge is 3.00 e. The molecule has 0 aliphatic heterocycles. The van der Waals surface area contributed by atoms with Crippen molar-refractivity contribution in [3.05, 3.63) is 22.8 Å². The Bertz CT molecular complexity index is 538. The monoisotopic (exact) mass is 548 g/mol. The number of halogens is 2. The van der Waals surface area contributed by atoms with E-state index in [-0.39, 0.29) is 46.5 Å². The van der Waals surface area contributed by atoms with E-state index >= 15 is 0 Å². The summed E-state index contributed by atoms with van der Waals surface area (Å²) in [6, 6.07) is 0. The molecule has 0 bridgehead atoms. The summed E-state index contributed by atoms with van der Waals surface area (Å²) >= 11 is 0. The van der Waals surface area contributed by atoms with Gasteiger partial charge in [-0.2, -0.15) is 11.1 Å². The molecule has 0 fully saturated rings. The van der Waals surface area contributed by atoms with Gasteiger partial charge in [-0.15, -0.1) is 0 Å². The molecule has 34 heavy (non-hydrogen) atoms. The van der Waals surface area contributed by atoms with E-state index in [9.17, 15) is 0 Å². The maximum absolute atomic E-state index is 4.13. The third-order valence-corrected chi connectivity index (χ3v) is 7.42. The standard InChI is InChI=1S/C30H56N.2ClH.Ti/c1-9-14-20-31(21-15-10-2)22-19-27-28(24(6)16-11-3)23-29(25(7)17-12-4)30(27)26(8)18-13-5;;;/h24-26,28H,9-22H2,1-8H3;2*1H;/q-1;;;+3/p-2. The Hall–Kier alpha value is 0.734. The van der Waals surface area contributed by atoms with E-state index in [0.29, 0.717) is 17.8 Å². The van der Waals surface area contributed by atoms with Gasteiger partial charge in [-0.3, -0.25) is 6.08 Å². The van der Waals surface area contributed by atoms with Crippen LogP contribution in [0.1, 0.15) is 126 Å². The van der Waals surface area contributed by atoms with E-state index in [1.165, 1.54) is 90.3 Å². The van der Waals surface area contributed by atoms with Gasteiger partial charge in [-0.05, 0) is 38.8 Å². The van der Waals surface area contributed by atoms with E-state index in [0.717, 1.165) is 5.92 Å². The molecule has 0 heterocycles. The Kier molecular flexibility index (Phi) is 26.4. The van der Waals surface area contributed by atoms with Gasteiger partial charge in [-0.25, -0.2) is 5.57 Å². The molecule has 1 aliphatic carbocycles. The van der Waals surface area contributed by atoms with Gasteiger partial charge in [-0.1, -0.05) is 124 Å². The van der Waals surface area contributed by atoms with Gasteiger partial charge in [0.1, 0.15) is 0 Å². The van der Waals surface area contributed by atoms with Crippen molar-refractivity contribution in [1.82, 2.24) is 4.90 Å². The fourth-order valence-corrected chi connectivity index (χ4v) is 5.59. The Morgan fingerprint density at radius 3 is 1.68 bits per heavy atom. The van der Waals surface area contributed by atoms with Crippen LogP contribution >= 0.6 is 0 Å². The molecule has 0 amide bonds. The fraction of sp³-hybridized carbons (Fsp3) is 0.867. The summed E-state index contributed by atoms with van der Waals surface area (Å²) in [6.45, 7) is 22.9. The first-order chi connectivity index (χ1) is 14.9. The van der Waals surface area contributed by atoms with Crippen LogP contribution in [0, 0.1) is 29.7 Å². The molecule has 0 saturated heterocycles. The minimum Gasteiger partial charge on any atom is -1.00 e. The molecule has 0 saturated carbocycles. The molecule has 4 heteroatoms. The predicted molar refractivity (Wildman–Crippen MR) is 140 cm³/mol. The van der Waals surface area contributed by atoms with Crippen molar-refractivity contribution in [3.63, 3.8) is 0 Å². The van der Waals surface area contributed by atoms with Gasteiger partial charge in [0.05, 0.1) is 0 Å². The van der Waals surface area contributed by atoms with Gasteiger partial charge in [0.2, 0.25) is 0 Å². The van der Waals surface area contributed by atoms with Gasteiger partial charge < -0.3 is 29.7 Å². The van der Waals surface area contributed by atoms with Crippen molar-refractivity contribution in [2.45, 2.75) is 126 Å². The topological polar surface area (TPSA) is 3.24 Å². The average Bonchev–Trinajstić information content (AvgIpc) is 3.13. The summed E-state index contributed by atoms with van der Waals surface area (Å²) in [5, 5.41) is 0. The second-order valence-electron chi connectivity index (χ2n) is 10.4. The van der Waals surface area contributed by atoms with Gasteiger partial charge >= 0.3 is 21.7 Å². The molecule has 1 radical (unpaired) electrons. The van der Waals surface area contributed by atoms with Crippen LogP contribution in [-0.4, -0.2) is 24.5 Å². The minimum atomic E-state index is 0. The number of allylic oxidation sites excluding steroid dienone is 3. The Labute approximate surface area is 242 Å². The zero-order chi connectivity index (χ0) is 23.2. The van der Waals surface area contributed by atoms with Crippen molar-refractivity contribution in [2.24, 2.45) is 23.7 Å². The number of unbranched alkanes of at least 4 members (excludes halogenated alkanes) is 2. The smallest absolute Gasteiger partial charge is 1.00 e. The van der Waals surface area contributed by atoms with E-state index in [4.69, 9.17) is 0 Å². The van der Waals surface area contributed by atoms with Crippen LogP contribution in [0.25, 0.3) is 0 Å². The molecule has 0 N–H and O–H groups in total. The second kappa shape index (κ2) is 22.9. The normalized spacial score (nSPS) is 18.0. The van der Waals surface area contributed by atoms with Crippen LogP contribution in [0.15, 0.2) is 16.7 Å². The van der Waals surface area contributed by atoms with Crippen LogP contribution in [0.5, 0.6) is 0 Å². The number of hydrogen-bond donors (Lipinski definition) is 0. The molecule has 199 valence electrons. The van der Waals surface area contributed by atoms with Crippen LogP contribution in [0.3, 0.4) is 0 Å². The first-order valence-corrected chi connectivity index (χ1v) is 14.0. The summed E-state index contributed by atoms with van der Waals surface area (Å²) in [7, 11) is 0. The summed E-state index contributed by atoms with van der Waals surface area (Å²) in [6.07, 6.45) is 18.4. The Morgan fingerprint density at radius 2 is 1.21 bits per heavy atom. The van der Waals surface area contributed by atoms with Crippen molar-refractivity contribution in [3.8, 4) is 0 Å². The molecular weight excluding hydrogens is 493 g/mol. The molecule has 1 aliphatic rings. The molecule has 1 nitrogen and oxygen atoms in total. The molecule has 4 atom stereocenters. The van der Waals surface area contributed by atoms with E-state index in [1.54, 1.807) is 16.7 Å². The minimum absolute atomic E-state index is 0. The van der Waals surface area contributed by atoms with Gasteiger partial charge in [0, 0.05) is 6.54 Å². The third kappa shape index (κ3) is 12.8. The first kappa shape index (κ1) is 39.3. The summed E-state index contributed by atoms with van der Waals surface area (Å²) in [5.41, 5.74) is 5.12. The molecule has 0 spiro atoms. The zero-order valence-electron chi connectivity index (χ0n) is 23.9.